The van der Waals surface area contributed by atoms with Gasteiger partial charge in [0, 0.05) is 30.9 Å². The Labute approximate surface area is 165 Å². The van der Waals surface area contributed by atoms with E-state index in [0.717, 1.165) is 28.5 Å². The van der Waals surface area contributed by atoms with Crippen LogP contribution in [0.5, 0.6) is 17.2 Å². The van der Waals surface area contributed by atoms with Crippen LogP contribution in [0.1, 0.15) is 22.8 Å². The highest BCUT2D eigenvalue weighted by Gasteiger charge is 2.17. The van der Waals surface area contributed by atoms with Crippen LogP contribution in [0.15, 0.2) is 53.1 Å². The van der Waals surface area contributed by atoms with E-state index in [-0.39, 0.29) is 0 Å². The summed E-state index contributed by atoms with van der Waals surface area (Å²) >= 11 is 0. The number of hydrogen-bond donors (Lipinski definition) is 0. The van der Waals surface area contributed by atoms with Gasteiger partial charge in [-0.2, -0.15) is 0 Å². The van der Waals surface area contributed by atoms with Gasteiger partial charge in [0.2, 0.25) is 0 Å². The Balaban J connectivity index is 1.89. The molecular formula is C22H26N2O4. The number of pyridine rings is 1. The van der Waals surface area contributed by atoms with Gasteiger partial charge in [0.25, 0.3) is 0 Å². The molecule has 0 amide bonds. The first-order valence-corrected chi connectivity index (χ1v) is 9.09. The monoisotopic (exact) mass is 382 g/mol. The average Bonchev–Trinajstić information content (AvgIpc) is 3.12. The molecule has 0 bridgehead atoms. The molecule has 2 aromatic heterocycles. The molecule has 0 atom stereocenters. The zero-order valence-corrected chi connectivity index (χ0v) is 16.8. The molecule has 0 spiro atoms. The molecule has 0 aliphatic carbocycles. The average molecular weight is 382 g/mol. The number of hydrogen-bond acceptors (Lipinski definition) is 6. The van der Waals surface area contributed by atoms with E-state index < -0.39 is 0 Å². The lowest BCUT2D eigenvalue weighted by molar-refractivity contribution is 0.219. The third-order valence-corrected chi connectivity index (χ3v) is 4.47. The highest BCUT2D eigenvalue weighted by Crippen LogP contribution is 2.35. The summed E-state index contributed by atoms with van der Waals surface area (Å²) in [4.78, 5) is 6.72. The lowest BCUT2D eigenvalue weighted by Gasteiger charge is -2.23. The van der Waals surface area contributed by atoms with Gasteiger partial charge in [0.05, 0.1) is 33.6 Å². The van der Waals surface area contributed by atoms with Crippen LogP contribution in [0.25, 0.3) is 0 Å². The molecule has 6 heteroatoms. The van der Waals surface area contributed by atoms with Crippen molar-refractivity contribution in [1.29, 1.82) is 0 Å². The number of aryl methyl sites for hydroxylation is 1. The SMILES string of the molecule is COc1cc(OC)c(OC)cc1CN(Cc1ccccn1)Cc1ccc(C)o1. The van der Waals surface area contributed by atoms with Gasteiger partial charge in [0.1, 0.15) is 17.3 Å². The van der Waals surface area contributed by atoms with Gasteiger partial charge in [-0.1, -0.05) is 6.07 Å². The Bertz CT molecular complexity index is 893. The van der Waals surface area contributed by atoms with Crippen molar-refractivity contribution < 1.29 is 18.6 Å². The van der Waals surface area contributed by atoms with Crippen molar-refractivity contribution in [3.05, 3.63) is 71.4 Å². The van der Waals surface area contributed by atoms with Crippen molar-refractivity contribution in [3.8, 4) is 17.2 Å². The minimum Gasteiger partial charge on any atom is -0.496 e. The number of rotatable bonds is 9. The van der Waals surface area contributed by atoms with E-state index in [4.69, 9.17) is 18.6 Å². The first-order valence-electron chi connectivity index (χ1n) is 9.09. The van der Waals surface area contributed by atoms with Gasteiger partial charge < -0.3 is 18.6 Å². The van der Waals surface area contributed by atoms with Crippen LogP contribution >= 0.6 is 0 Å². The first kappa shape index (κ1) is 19.8. The van der Waals surface area contributed by atoms with Crippen LogP contribution in [0.2, 0.25) is 0 Å². The van der Waals surface area contributed by atoms with Crippen LogP contribution in [-0.4, -0.2) is 31.2 Å². The molecule has 0 fully saturated rings. The topological polar surface area (TPSA) is 57.0 Å². The summed E-state index contributed by atoms with van der Waals surface area (Å²) in [5, 5.41) is 0. The summed E-state index contributed by atoms with van der Waals surface area (Å²) in [5.74, 6) is 3.87. The zero-order chi connectivity index (χ0) is 19.9. The van der Waals surface area contributed by atoms with E-state index in [1.807, 2.05) is 55.6 Å². The standard InChI is InChI=1S/C22H26N2O4/c1-16-8-9-19(28-16)15-24(14-18-7-5-6-10-23-18)13-17-11-21(26-3)22(27-4)12-20(17)25-2/h5-12H,13-15H2,1-4H3. The van der Waals surface area contributed by atoms with Gasteiger partial charge in [-0.3, -0.25) is 9.88 Å². The number of benzene rings is 1. The quantitative estimate of drug-likeness (QED) is 0.553. The fourth-order valence-electron chi connectivity index (χ4n) is 3.14. The molecular weight excluding hydrogens is 356 g/mol. The van der Waals surface area contributed by atoms with Crippen LogP contribution in [-0.2, 0) is 19.6 Å². The van der Waals surface area contributed by atoms with E-state index in [9.17, 15) is 0 Å². The fraction of sp³-hybridized carbons (Fsp3) is 0.318. The van der Waals surface area contributed by atoms with Crippen molar-refractivity contribution in [2.24, 2.45) is 0 Å². The number of ether oxygens (including phenoxy) is 3. The van der Waals surface area contributed by atoms with E-state index in [1.165, 1.54) is 0 Å². The van der Waals surface area contributed by atoms with Crippen molar-refractivity contribution in [3.63, 3.8) is 0 Å². The Hall–Kier alpha value is -2.99. The van der Waals surface area contributed by atoms with Gasteiger partial charge in [-0.05, 0) is 37.3 Å². The zero-order valence-electron chi connectivity index (χ0n) is 16.8. The molecule has 0 aliphatic rings. The Morgan fingerprint density at radius 1 is 0.857 bits per heavy atom. The van der Waals surface area contributed by atoms with E-state index in [2.05, 4.69) is 9.88 Å². The Morgan fingerprint density at radius 3 is 2.21 bits per heavy atom. The van der Waals surface area contributed by atoms with Gasteiger partial charge >= 0.3 is 0 Å². The van der Waals surface area contributed by atoms with Gasteiger partial charge in [-0.25, -0.2) is 0 Å². The predicted octanol–water partition coefficient (Wildman–Crippen LogP) is 4.21. The molecule has 3 aromatic rings. The molecule has 0 saturated carbocycles. The van der Waals surface area contributed by atoms with E-state index in [1.54, 1.807) is 21.3 Å². The molecule has 2 heterocycles. The van der Waals surface area contributed by atoms with E-state index in [0.29, 0.717) is 31.1 Å². The third kappa shape index (κ3) is 4.84. The molecule has 0 radical (unpaired) electrons. The van der Waals surface area contributed by atoms with Crippen molar-refractivity contribution >= 4 is 0 Å². The van der Waals surface area contributed by atoms with Crippen molar-refractivity contribution in [1.82, 2.24) is 9.88 Å². The second-order valence-electron chi connectivity index (χ2n) is 6.50. The minimum atomic E-state index is 0.639. The molecule has 3 rings (SSSR count). The maximum atomic E-state index is 5.79. The van der Waals surface area contributed by atoms with Crippen molar-refractivity contribution in [2.45, 2.75) is 26.6 Å². The summed E-state index contributed by atoms with van der Waals surface area (Å²) in [5.41, 5.74) is 1.99. The number of methoxy groups -OCH3 is 3. The highest BCUT2D eigenvalue weighted by atomic mass is 16.5. The second-order valence-corrected chi connectivity index (χ2v) is 6.50. The molecule has 0 saturated heterocycles. The molecule has 1 aromatic carbocycles. The smallest absolute Gasteiger partial charge is 0.164 e. The predicted molar refractivity (Wildman–Crippen MR) is 107 cm³/mol. The number of nitrogens with zero attached hydrogens (tertiary/aromatic N) is 2. The lowest BCUT2D eigenvalue weighted by atomic mass is 10.1. The summed E-state index contributed by atoms with van der Waals surface area (Å²) in [7, 11) is 4.90. The normalized spacial score (nSPS) is 10.9. The molecule has 28 heavy (non-hydrogen) atoms. The Kier molecular flexibility index (Phi) is 6.55. The largest absolute Gasteiger partial charge is 0.496 e. The van der Waals surface area contributed by atoms with Crippen LogP contribution < -0.4 is 14.2 Å². The summed E-state index contributed by atoms with van der Waals surface area (Å²) in [6.07, 6.45) is 1.81. The summed E-state index contributed by atoms with van der Waals surface area (Å²) < 4.78 is 22.2. The first-order chi connectivity index (χ1) is 13.6. The summed E-state index contributed by atoms with van der Waals surface area (Å²) in [6.45, 7) is 3.92. The molecule has 6 nitrogen and oxygen atoms in total. The van der Waals surface area contributed by atoms with E-state index >= 15 is 0 Å². The fourth-order valence-corrected chi connectivity index (χ4v) is 3.14. The number of aromatic nitrogens is 1. The molecule has 0 unspecified atom stereocenters. The van der Waals surface area contributed by atoms with Crippen LogP contribution in [0, 0.1) is 6.92 Å². The second kappa shape index (κ2) is 9.28. The lowest BCUT2D eigenvalue weighted by Crippen LogP contribution is -2.23. The van der Waals surface area contributed by atoms with Crippen LogP contribution in [0.4, 0.5) is 0 Å². The summed E-state index contributed by atoms with van der Waals surface area (Å²) in [6, 6.07) is 13.7. The maximum Gasteiger partial charge on any atom is 0.164 e. The van der Waals surface area contributed by atoms with Gasteiger partial charge in [-0.15, -0.1) is 0 Å². The minimum absolute atomic E-state index is 0.639. The molecule has 0 N–H and O–H groups in total. The Morgan fingerprint density at radius 2 is 1.61 bits per heavy atom. The number of furan rings is 1. The van der Waals surface area contributed by atoms with Crippen LogP contribution in [0.3, 0.4) is 0 Å². The molecule has 148 valence electrons. The van der Waals surface area contributed by atoms with Gasteiger partial charge in [0.15, 0.2) is 11.5 Å². The molecule has 0 aliphatic heterocycles. The maximum absolute atomic E-state index is 5.79. The third-order valence-electron chi connectivity index (χ3n) is 4.47. The van der Waals surface area contributed by atoms with Crippen molar-refractivity contribution in [2.75, 3.05) is 21.3 Å². The highest BCUT2D eigenvalue weighted by molar-refractivity contribution is 5.50.